The Morgan fingerprint density at radius 3 is 2.32 bits per heavy atom. The Morgan fingerprint density at radius 1 is 0.857 bits per heavy atom. The van der Waals surface area contributed by atoms with Crippen LogP contribution in [0.2, 0.25) is 0 Å². The van der Waals surface area contributed by atoms with Crippen molar-refractivity contribution >= 4 is 11.8 Å². The molecule has 0 bridgehead atoms. The minimum atomic E-state index is -0.306. The summed E-state index contributed by atoms with van der Waals surface area (Å²) in [7, 11) is 0. The van der Waals surface area contributed by atoms with E-state index < -0.39 is 0 Å². The molecular formula is C23H20FN3S. The molecular weight excluding hydrogens is 369 g/mol. The van der Waals surface area contributed by atoms with Crippen LogP contribution in [-0.2, 0) is 5.75 Å². The molecule has 0 unspecified atom stereocenters. The van der Waals surface area contributed by atoms with E-state index in [0.717, 1.165) is 22.2 Å². The second-order valence-electron chi connectivity index (χ2n) is 6.68. The number of halogens is 1. The molecule has 28 heavy (non-hydrogen) atoms. The average Bonchev–Trinajstić information content (AvgIpc) is 3.12. The van der Waals surface area contributed by atoms with Crippen LogP contribution in [0.25, 0.3) is 17.1 Å². The molecule has 3 aromatic carbocycles. The highest BCUT2D eigenvalue weighted by Gasteiger charge is 2.19. The standard InChI is InChI=1S/C23H20FN3S/c1-16-11-13-18(14-12-16)15-28-23-26-25-22(19-8-4-5-9-20(19)24)27(23)21-10-6-3-7-17(21)2/h3-14H,15H2,1-2H3. The van der Waals surface area contributed by atoms with Gasteiger partial charge in [0.25, 0.3) is 0 Å². The van der Waals surface area contributed by atoms with Crippen LogP contribution in [0, 0.1) is 19.7 Å². The molecule has 0 saturated heterocycles. The van der Waals surface area contributed by atoms with Crippen molar-refractivity contribution in [1.29, 1.82) is 0 Å². The van der Waals surface area contributed by atoms with Gasteiger partial charge in [-0.3, -0.25) is 4.57 Å². The fraction of sp³-hybridized carbons (Fsp3) is 0.130. The van der Waals surface area contributed by atoms with Crippen LogP contribution >= 0.6 is 11.8 Å². The molecule has 0 amide bonds. The van der Waals surface area contributed by atoms with Gasteiger partial charge in [0.2, 0.25) is 0 Å². The third kappa shape index (κ3) is 3.71. The fourth-order valence-corrected chi connectivity index (χ4v) is 3.94. The zero-order chi connectivity index (χ0) is 19.5. The molecule has 0 spiro atoms. The first-order valence-electron chi connectivity index (χ1n) is 9.08. The van der Waals surface area contributed by atoms with Crippen LogP contribution in [0.5, 0.6) is 0 Å². The normalized spacial score (nSPS) is 11.0. The number of aromatic nitrogens is 3. The molecule has 4 aromatic rings. The molecule has 0 aliphatic heterocycles. The minimum Gasteiger partial charge on any atom is -0.270 e. The lowest BCUT2D eigenvalue weighted by molar-refractivity contribution is 0.629. The van der Waals surface area contributed by atoms with Gasteiger partial charge in [0.05, 0.1) is 11.3 Å². The molecule has 0 N–H and O–H groups in total. The number of benzene rings is 3. The van der Waals surface area contributed by atoms with Crippen molar-refractivity contribution in [2.24, 2.45) is 0 Å². The lowest BCUT2D eigenvalue weighted by Crippen LogP contribution is -2.02. The van der Waals surface area contributed by atoms with Crippen LogP contribution < -0.4 is 0 Å². The summed E-state index contributed by atoms with van der Waals surface area (Å²) >= 11 is 1.60. The Morgan fingerprint density at radius 2 is 1.57 bits per heavy atom. The average molecular weight is 389 g/mol. The SMILES string of the molecule is Cc1ccc(CSc2nnc(-c3ccccc3F)n2-c2ccccc2C)cc1. The summed E-state index contributed by atoms with van der Waals surface area (Å²) in [5.74, 6) is 0.973. The highest BCUT2D eigenvalue weighted by atomic mass is 32.2. The van der Waals surface area contributed by atoms with E-state index in [0.29, 0.717) is 11.4 Å². The Hall–Kier alpha value is -2.92. The van der Waals surface area contributed by atoms with Gasteiger partial charge < -0.3 is 0 Å². The van der Waals surface area contributed by atoms with E-state index in [4.69, 9.17) is 0 Å². The van der Waals surface area contributed by atoms with E-state index in [1.807, 2.05) is 41.8 Å². The molecule has 0 fully saturated rings. The van der Waals surface area contributed by atoms with E-state index in [1.165, 1.54) is 17.2 Å². The summed E-state index contributed by atoms with van der Waals surface area (Å²) in [5.41, 5.74) is 4.93. The lowest BCUT2D eigenvalue weighted by atomic mass is 10.1. The van der Waals surface area contributed by atoms with Crippen molar-refractivity contribution in [1.82, 2.24) is 14.8 Å². The van der Waals surface area contributed by atoms with Gasteiger partial charge in [0.15, 0.2) is 11.0 Å². The Kier molecular flexibility index (Phi) is 5.26. The van der Waals surface area contributed by atoms with E-state index in [1.54, 1.807) is 23.9 Å². The van der Waals surface area contributed by atoms with Crippen LogP contribution in [0.15, 0.2) is 78.0 Å². The van der Waals surface area contributed by atoms with Gasteiger partial charge in [-0.1, -0.05) is 71.9 Å². The number of hydrogen-bond donors (Lipinski definition) is 0. The predicted molar refractivity (Wildman–Crippen MR) is 112 cm³/mol. The van der Waals surface area contributed by atoms with Crippen molar-refractivity contribution in [2.75, 3.05) is 0 Å². The third-order valence-corrected chi connectivity index (χ3v) is 5.59. The van der Waals surface area contributed by atoms with Gasteiger partial charge in [-0.25, -0.2) is 4.39 Å². The zero-order valence-corrected chi connectivity index (χ0v) is 16.6. The smallest absolute Gasteiger partial charge is 0.196 e. The second kappa shape index (κ2) is 7.98. The van der Waals surface area contributed by atoms with Gasteiger partial charge in [-0.05, 0) is 43.2 Å². The van der Waals surface area contributed by atoms with Crippen LogP contribution in [0.1, 0.15) is 16.7 Å². The topological polar surface area (TPSA) is 30.7 Å². The van der Waals surface area contributed by atoms with Crippen LogP contribution in [0.4, 0.5) is 4.39 Å². The first kappa shape index (κ1) is 18.4. The summed E-state index contributed by atoms with van der Waals surface area (Å²) in [6.45, 7) is 4.11. The summed E-state index contributed by atoms with van der Waals surface area (Å²) in [4.78, 5) is 0. The maximum atomic E-state index is 14.5. The van der Waals surface area contributed by atoms with E-state index >= 15 is 0 Å². The first-order valence-corrected chi connectivity index (χ1v) is 10.1. The van der Waals surface area contributed by atoms with E-state index in [9.17, 15) is 4.39 Å². The molecule has 4 rings (SSSR count). The minimum absolute atomic E-state index is 0.306. The Bertz CT molecular complexity index is 1100. The van der Waals surface area contributed by atoms with Gasteiger partial charge in [-0.15, -0.1) is 10.2 Å². The largest absolute Gasteiger partial charge is 0.270 e. The highest BCUT2D eigenvalue weighted by Crippen LogP contribution is 2.32. The van der Waals surface area contributed by atoms with Crippen molar-refractivity contribution in [3.8, 4) is 17.1 Å². The summed E-state index contributed by atoms with van der Waals surface area (Å²) in [6, 6.07) is 23.1. The van der Waals surface area contributed by atoms with Crippen molar-refractivity contribution < 1.29 is 4.39 Å². The zero-order valence-electron chi connectivity index (χ0n) is 15.8. The molecule has 5 heteroatoms. The van der Waals surface area contributed by atoms with Crippen molar-refractivity contribution in [3.63, 3.8) is 0 Å². The van der Waals surface area contributed by atoms with Gasteiger partial charge >= 0.3 is 0 Å². The Balaban J connectivity index is 1.77. The number of nitrogens with zero attached hydrogens (tertiary/aromatic N) is 3. The fourth-order valence-electron chi connectivity index (χ4n) is 3.04. The first-order chi connectivity index (χ1) is 13.6. The third-order valence-electron chi connectivity index (χ3n) is 4.59. The molecule has 3 nitrogen and oxygen atoms in total. The summed E-state index contributed by atoms with van der Waals surface area (Å²) in [6.07, 6.45) is 0. The number of hydrogen-bond acceptors (Lipinski definition) is 3. The highest BCUT2D eigenvalue weighted by molar-refractivity contribution is 7.98. The van der Waals surface area contributed by atoms with Crippen molar-refractivity contribution in [2.45, 2.75) is 24.8 Å². The van der Waals surface area contributed by atoms with Gasteiger partial charge in [0, 0.05) is 5.75 Å². The Labute approximate surface area is 168 Å². The van der Waals surface area contributed by atoms with Gasteiger partial charge in [-0.2, -0.15) is 0 Å². The molecule has 0 saturated carbocycles. The maximum Gasteiger partial charge on any atom is 0.196 e. The van der Waals surface area contributed by atoms with Gasteiger partial charge in [0.1, 0.15) is 5.82 Å². The van der Waals surface area contributed by atoms with E-state index in [2.05, 4.69) is 41.4 Å². The maximum absolute atomic E-state index is 14.5. The quantitative estimate of drug-likeness (QED) is 0.393. The van der Waals surface area contributed by atoms with Crippen molar-refractivity contribution in [3.05, 3.63) is 95.3 Å². The predicted octanol–water partition coefficient (Wildman–Crippen LogP) is 5.98. The molecule has 1 heterocycles. The van der Waals surface area contributed by atoms with Crippen LogP contribution in [0.3, 0.4) is 0 Å². The molecule has 0 aliphatic carbocycles. The monoisotopic (exact) mass is 389 g/mol. The molecule has 0 radical (unpaired) electrons. The van der Waals surface area contributed by atoms with E-state index in [-0.39, 0.29) is 5.82 Å². The molecule has 1 aromatic heterocycles. The molecule has 140 valence electrons. The number of rotatable bonds is 5. The van der Waals surface area contributed by atoms with Crippen LogP contribution in [-0.4, -0.2) is 14.8 Å². The number of aryl methyl sites for hydroxylation is 2. The molecule has 0 atom stereocenters. The lowest BCUT2D eigenvalue weighted by Gasteiger charge is -2.13. The molecule has 0 aliphatic rings. The summed E-state index contributed by atoms with van der Waals surface area (Å²) in [5, 5.41) is 9.48. The number of para-hydroxylation sites is 1. The number of thioether (sulfide) groups is 1. The second-order valence-corrected chi connectivity index (χ2v) is 7.62. The summed E-state index contributed by atoms with van der Waals surface area (Å²) < 4.78 is 16.4.